The summed E-state index contributed by atoms with van der Waals surface area (Å²) in [6.45, 7) is 1.86. The van der Waals surface area contributed by atoms with Crippen LogP contribution in [0.3, 0.4) is 0 Å². The van der Waals surface area contributed by atoms with E-state index in [4.69, 9.17) is 21.1 Å². The van der Waals surface area contributed by atoms with E-state index in [0.717, 1.165) is 5.01 Å². The lowest BCUT2D eigenvalue weighted by Gasteiger charge is -2.13. The molecule has 1 heterocycles. The molecule has 0 aliphatic heterocycles. The quantitative estimate of drug-likeness (QED) is 0.896. The zero-order chi connectivity index (χ0) is 15.4. The summed E-state index contributed by atoms with van der Waals surface area (Å²) in [5.74, 6) is 0.921. The van der Waals surface area contributed by atoms with E-state index >= 15 is 0 Å². The highest BCUT2D eigenvalue weighted by Gasteiger charge is 2.13. The molecular formula is C13H14ClN3O3S. The molecule has 0 aliphatic carbocycles. The lowest BCUT2D eigenvalue weighted by Crippen LogP contribution is -2.19. The first kappa shape index (κ1) is 15.4. The number of aryl methyl sites for hydroxylation is 1. The summed E-state index contributed by atoms with van der Waals surface area (Å²) in [6.07, 6.45) is 1.60. The summed E-state index contributed by atoms with van der Waals surface area (Å²) in [5.41, 5.74) is 0.446. The Hall–Kier alpha value is -1.99. The second-order valence-electron chi connectivity index (χ2n) is 4.01. The maximum atomic E-state index is 12.0. The van der Waals surface area contributed by atoms with Gasteiger partial charge in [-0.25, -0.2) is 9.78 Å². The third-order valence-corrected chi connectivity index (χ3v) is 3.70. The van der Waals surface area contributed by atoms with Crippen molar-refractivity contribution in [3.63, 3.8) is 0 Å². The fourth-order valence-electron chi connectivity index (χ4n) is 1.64. The molecule has 8 heteroatoms. The van der Waals surface area contributed by atoms with Gasteiger partial charge in [0.1, 0.15) is 16.5 Å². The fraction of sp³-hybridized carbons (Fsp3) is 0.231. The van der Waals surface area contributed by atoms with Gasteiger partial charge in [0.15, 0.2) is 0 Å². The van der Waals surface area contributed by atoms with Gasteiger partial charge in [-0.15, -0.1) is 11.3 Å². The Morgan fingerprint density at radius 2 is 1.95 bits per heavy atom. The lowest BCUT2D eigenvalue weighted by molar-refractivity contribution is 0.262. The fourth-order valence-corrected chi connectivity index (χ4v) is 2.56. The van der Waals surface area contributed by atoms with E-state index in [1.165, 1.54) is 25.6 Å². The van der Waals surface area contributed by atoms with Crippen molar-refractivity contribution in [2.75, 3.05) is 24.9 Å². The highest BCUT2D eigenvalue weighted by molar-refractivity contribution is 7.15. The van der Waals surface area contributed by atoms with Gasteiger partial charge < -0.3 is 14.8 Å². The third kappa shape index (κ3) is 3.77. The Kier molecular flexibility index (Phi) is 4.87. The Morgan fingerprint density at radius 3 is 2.52 bits per heavy atom. The summed E-state index contributed by atoms with van der Waals surface area (Å²) < 4.78 is 10.3. The van der Waals surface area contributed by atoms with Crippen molar-refractivity contribution in [1.82, 2.24) is 4.98 Å². The number of carbonyl (C=O) groups excluding carboxylic acids is 1. The molecule has 0 fully saturated rings. The summed E-state index contributed by atoms with van der Waals surface area (Å²) >= 11 is 7.43. The van der Waals surface area contributed by atoms with E-state index in [9.17, 15) is 4.79 Å². The van der Waals surface area contributed by atoms with Gasteiger partial charge in [-0.2, -0.15) is 0 Å². The Balaban J connectivity index is 2.14. The Labute approximate surface area is 131 Å². The lowest BCUT2D eigenvalue weighted by atomic mass is 10.2. The third-order valence-electron chi connectivity index (χ3n) is 2.58. The van der Waals surface area contributed by atoms with Gasteiger partial charge in [-0.05, 0) is 13.0 Å². The number of thiazole rings is 1. The number of hydrogen-bond acceptors (Lipinski definition) is 5. The summed E-state index contributed by atoms with van der Waals surface area (Å²) in [5, 5.41) is 7.27. The number of ether oxygens (including phenoxy) is 2. The second-order valence-corrected chi connectivity index (χ2v) is 5.65. The van der Waals surface area contributed by atoms with Gasteiger partial charge in [0, 0.05) is 6.07 Å². The molecule has 0 atom stereocenters. The topological polar surface area (TPSA) is 72.5 Å². The van der Waals surface area contributed by atoms with Crippen molar-refractivity contribution >= 4 is 39.7 Å². The molecule has 1 aromatic carbocycles. The second kappa shape index (κ2) is 6.64. The number of anilines is 2. The number of benzene rings is 1. The molecule has 2 rings (SSSR count). The Bertz CT molecular complexity index is 660. The van der Waals surface area contributed by atoms with Crippen LogP contribution >= 0.6 is 22.9 Å². The average molecular weight is 328 g/mol. The molecule has 0 bridgehead atoms. The van der Waals surface area contributed by atoms with Crippen LogP contribution in [0.4, 0.5) is 15.5 Å². The van der Waals surface area contributed by atoms with E-state index in [1.54, 1.807) is 18.3 Å². The van der Waals surface area contributed by atoms with Crippen LogP contribution in [0, 0.1) is 6.92 Å². The molecule has 0 aliphatic rings. The molecule has 112 valence electrons. The first-order chi connectivity index (χ1) is 10.0. The van der Waals surface area contributed by atoms with Gasteiger partial charge in [0.05, 0.1) is 36.1 Å². The predicted octanol–water partition coefficient (Wildman–Crippen LogP) is 3.77. The first-order valence-corrected chi connectivity index (χ1v) is 7.15. The van der Waals surface area contributed by atoms with Gasteiger partial charge in [-0.3, -0.25) is 5.32 Å². The van der Waals surface area contributed by atoms with Crippen LogP contribution in [0.1, 0.15) is 5.01 Å². The summed E-state index contributed by atoms with van der Waals surface area (Å²) in [6, 6.07) is 2.77. The highest BCUT2D eigenvalue weighted by atomic mass is 35.5. The zero-order valence-corrected chi connectivity index (χ0v) is 13.3. The monoisotopic (exact) mass is 327 g/mol. The van der Waals surface area contributed by atoms with Gasteiger partial charge in [-0.1, -0.05) is 11.6 Å². The molecule has 0 spiro atoms. The van der Waals surface area contributed by atoms with Gasteiger partial charge >= 0.3 is 6.03 Å². The van der Waals surface area contributed by atoms with E-state index < -0.39 is 6.03 Å². The number of urea groups is 1. The maximum absolute atomic E-state index is 12.0. The van der Waals surface area contributed by atoms with Crippen LogP contribution in [0.25, 0.3) is 0 Å². The zero-order valence-electron chi connectivity index (χ0n) is 11.7. The van der Waals surface area contributed by atoms with Crippen LogP contribution in [0.5, 0.6) is 11.5 Å². The number of carbonyl (C=O) groups is 1. The molecule has 1 aromatic heterocycles. The normalized spacial score (nSPS) is 10.1. The number of amides is 2. The minimum atomic E-state index is -0.404. The molecule has 2 amide bonds. The van der Waals surface area contributed by atoms with E-state index in [-0.39, 0.29) is 0 Å². The van der Waals surface area contributed by atoms with E-state index in [1.807, 2.05) is 6.92 Å². The number of methoxy groups -OCH3 is 2. The minimum Gasteiger partial charge on any atom is -0.495 e. The number of rotatable bonds is 4. The van der Waals surface area contributed by atoms with Gasteiger partial charge in [0.25, 0.3) is 0 Å². The number of hydrogen-bond donors (Lipinski definition) is 2. The molecule has 0 saturated heterocycles. The number of halogens is 1. The van der Waals surface area contributed by atoms with Crippen molar-refractivity contribution in [1.29, 1.82) is 0 Å². The van der Waals surface area contributed by atoms with E-state index in [0.29, 0.717) is 27.2 Å². The smallest absolute Gasteiger partial charge is 0.324 e. The molecule has 21 heavy (non-hydrogen) atoms. The number of nitrogens with one attached hydrogen (secondary N) is 2. The van der Waals surface area contributed by atoms with Crippen molar-refractivity contribution in [3.8, 4) is 11.5 Å². The van der Waals surface area contributed by atoms with Gasteiger partial charge in [0.2, 0.25) is 0 Å². The molecule has 0 saturated carbocycles. The summed E-state index contributed by atoms with van der Waals surface area (Å²) in [7, 11) is 3.00. The summed E-state index contributed by atoms with van der Waals surface area (Å²) in [4.78, 5) is 16.0. The van der Waals surface area contributed by atoms with E-state index in [2.05, 4.69) is 15.6 Å². The Morgan fingerprint density at radius 1 is 1.24 bits per heavy atom. The van der Waals surface area contributed by atoms with Crippen molar-refractivity contribution in [2.24, 2.45) is 0 Å². The van der Waals surface area contributed by atoms with Crippen LogP contribution in [0.15, 0.2) is 18.3 Å². The minimum absolute atomic E-state index is 0.377. The first-order valence-electron chi connectivity index (χ1n) is 5.95. The molecule has 2 N–H and O–H groups in total. The van der Waals surface area contributed by atoms with Crippen molar-refractivity contribution in [2.45, 2.75) is 6.92 Å². The van der Waals surface area contributed by atoms with Crippen LogP contribution < -0.4 is 20.1 Å². The molecule has 0 radical (unpaired) electrons. The van der Waals surface area contributed by atoms with Crippen LogP contribution in [0.2, 0.25) is 5.02 Å². The predicted molar refractivity (Wildman–Crippen MR) is 84.0 cm³/mol. The molecular weight excluding hydrogens is 314 g/mol. The highest BCUT2D eigenvalue weighted by Crippen LogP contribution is 2.35. The number of aromatic nitrogens is 1. The molecule has 2 aromatic rings. The van der Waals surface area contributed by atoms with Crippen molar-refractivity contribution in [3.05, 3.63) is 28.4 Å². The van der Waals surface area contributed by atoms with Crippen LogP contribution in [-0.2, 0) is 0 Å². The largest absolute Gasteiger partial charge is 0.495 e. The SMILES string of the molecule is COc1cc(OC)c(NC(=O)Nc2cnc(C)s2)cc1Cl. The van der Waals surface area contributed by atoms with Crippen LogP contribution in [-0.4, -0.2) is 25.2 Å². The average Bonchev–Trinajstić information content (AvgIpc) is 2.84. The van der Waals surface area contributed by atoms with Crippen molar-refractivity contribution < 1.29 is 14.3 Å². The maximum Gasteiger partial charge on any atom is 0.324 e. The number of nitrogens with zero attached hydrogens (tertiary/aromatic N) is 1. The molecule has 6 nitrogen and oxygen atoms in total. The standard InChI is InChI=1S/C13H14ClN3O3S/c1-7-15-6-12(21-7)17-13(18)16-9-4-8(14)10(19-2)5-11(9)20-3/h4-6H,1-3H3,(H2,16,17,18). The molecule has 0 unspecified atom stereocenters.